The van der Waals surface area contributed by atoms with Gasteiger partial charge in [0.2, 0.25) is 0 Å². The molecule has 1 amide bonds. The molecule has 6 heteroatoms. The van der Waals surface area contributed by atoms with Crippen LogP contribution in [-0.2, 0) is 14.3 Å². The van der Waals surface area contributed by atoms with Crippen LogP contribution in [0.2, 0.25) is 0 Å². The van der Waals surface area contributed by atoms with Gasteiger partial charge < -0.3 is 10.1 Å². The Hall–Kier alpha value is -2.76. The van der Waals surface area contributed by atoms with Gasteiger partial charge in [0.25, 0.3) is 5.91 Å². The lowest BCUT2D eigenvalue weighted by Gasteiger charge is -2.28. The highest BCUT2D eigenvalue weighted by Gasteiger charge is 2.34. The summed E-state index contributed by atoms with van der Waals surface area (Å²) in [6.07, 6.45) is 3.87. The van der Waals surface area contributed by atoms with Crippen LogP contribution in [0.3, 0.4) is 0 Å². The van der Waals surface area contributed by atoms with Crippen LogP contribution in [0.15, 0.2) is 36.5 Å². The van der Waals surface area contributed by atoms with Crippen molar-refractivity contribution in [2.45, 2.75) is 31.7 Å². The molecule has 0 radical (unpaired) electrons. The Balaban J connectivity index is 1.87. The standard InChI is InChI=1S/C19H20N2O4/c1-25-19(24)17(13-6-2-8-14(22)11-13)21-18(23)15-9-3-5-12-7-4-10-20-16(12)15/h3-5,7,9-10,13,17H,2,6,8,11H2,1H3,(H,21,23)/t13-,17-/m0/s1. The Kier molecular flexibility index (Phi) is 5.07. The monoisotopic (exact) mass is 340 g/mol. The van der Waals surface area contributed by atoms with Crippen LogP contribution in [0.5, 0.6) is 0 Å². The second-order valence-corrected chi connectivity index (χ2v) is 6.25. The molecule has 0 unspecified atom stereocenters. The number of para-hydroxylation sites is 1. The summed E-state index contributed by atoms with van der Waals surface area (Å²) in [6, 6.07) is 8.16. The van der Waals surface area contributed by atoms with E-state index in [-0.39, 0.29) is 18.1 Å². The highest BCUT2D eigenvalue weighted by molar-refractivity contribution is 6.06. The number of nitrogens with zero attached hydrogens (tertiary/aromatic N) is 1. The number of carbonyl (C=O) groups excluding carboxylic acids is 3. The van der Waals surface area contributed by atoms with E-state index in [0.717, 1.165) is 11.8 Å². The van der Waals surface area contributed by atoms with Gasteiger partial charge in [-0.1, -0.05) is 18.2 Å². The van der Waals surface area contributed by atoms with Gasteiger partial charge in [-0.3, -0.25) is 14.6 Å². The highest BCUT2D eigenvalue weighted by Crippen LogP contribution is 2.26. The fourth-order valence-electron chi connectivity index (χ4n) is 3.35. The van der Waals surface area contributed by atoms with Crippen molar-refractivity contribution in [2.24, 2.45) is 5.92 Å². The zero-order valence-corrected chi connectivity index (χ0v) is 14.0. The van der Waals surface area contributed by atoms with Crippen LogP contribution >= 0.6 is 0 Å². The predicted molar refractivity (Wildman–Crippen MR) is 92.0 cm³/mol. The molecule has 2 aromatic rings. The number of amides is 1. The van der Waals surface area contributed by atoms with E-state index in [4.69, 9.17) is 4.74 Å². The quantitative estimate of drug-likeness (QED) is 0.863. The van der Waals surface area contributed by atoms with Crippen LogP contribution in [0, 0.1) is 5.92 Å². The Morgan fingerprint density at radius 3 is 2.84 bits per heavy atom. The van der Waals surface area contributed by atoms with Crippen LogP contribution < -0.4 is 5.32 Å². The van der Waals surface area contributed by atoms with E-state index in [0.29, 0.717) is 23.9 Å². The molecule has 0 bridgehead atoms. The molecule has 130 valence electrons. The van der Waals surface area contributed by atoms with Crippen LogP contribution in [0.1, 0.15) is 36.0 Å². The van der Waals surface area contributed by atoms with Gasteiger partial charge in [0.1, 0.15) is 11.8 Å². The molecular formula is C19H20N2O4. The minimum Gasteiger partial charge on any atom is -0.467 e. The number of nitrogens with one attached hydrogen (secondary N) is 1. The summed E-state index contributed by atoms with van der Waals surface area (Å²) >= 11 is 0. The number of esters is 1. The molecule has 0 saturated heterocycles. The number of ether oxygens (including phenoxy) is 1. The van der Waals surface area contributed by atoms with Gasteiger partial charge in [0, 0.05) is 24.4 Å². The molecule has 1 aliphatic rings. The maximum absolute atomic E-state index is 12.8. The summed E-state index contributed by atoms with van der Waals surface area (Å²) in [5.74, 6) is -1.04. The third kappa shape index (κ3) is 3.68. The van der Waals surface area contributed by atoms with Gasteiger partial charge in [-0.2, -0.15) is 0 Å². The highest BCUT2D eigenvalue weighted by atomic mass is 16.5. The summed E-state index contributed by atoms with van der Waals surface area (Å²) < 4.78 is 4.84. The SMILES string of the molecule is COC(=O)[C@@H](NC(=O)c1cccc2cccnc12)[C@H]1CCCC(=O)C1. The van der Waals surface area contributed by atoms with Gasteiger partial charge in [-0.05, 0) is 30.9 Å². The van der Waals surface area contributed by atoms with Gasteiger partial charge in [-0.15, -0.1) is 0 Å². The number of fused-ring (bicyclic) bond motifs is 1. The first kappa shape index (κ1) is 17.1. The van der Waals surface area contributed by atoms with E-state index >= 15 is 0 Å². The molecule has 2 atom stereocenters. The first-order valence-electron chi connectivity index (χ1n) is 8.34. The molecule has 0 aliphatic heterocycles. The van der Waals surface area contributed by atoms with Crippen LogP contribution in [0.25, 0.3) is 10.9 Å². The molecule has 1 aliphatic carbocycles. The van der Waals surface area contributed by atoms with Crippen molar-refractivity contribution in [3.05, 3.63) is 42.1 Å². The summed E-state index contributed by atoms with van der Waals surface area (Å²) in [5.41, 5.74) is 0.972. The first-order valence-corrected chi connectivity index (χ1v) is 8.34. The molecule has 1 aromatic carbocycles. The van der Waals surface area contributed by atoms with Crippen molar-refractivity contribution in [1.29, 1.82) is 0 Å². The molecule has 25 heavy (non-hydrogen) atoms. The van der Waals surface area contributed by atoms with Crippen LogP contribution in [0.4, 0.5) is 0 Å². The molecule has 1 aromatic heterocycles. The summed E-state index contributed by atoms with van der Waals surface area (Å²) in [6.45, 7) is 0. The second kappa shape index (κ2) is 7.42. The van der Waals surface area contributed by atoms with Crippen molar-refractivity contribution < 1.29 is 19.1 Å². The maximum atomic E-state index is 12.8. The summed E-state index contributed by atoms with van der Waals surface area (Å²) in [7, 11) is 1.28. The number of aromatic nitrogens is 1. The molecule has 6 nitrogen and oxygen atoms in total. The molecule has 3 rings (SSSR count). The van der Waals surface area contributed by atoms with Crippen molar-refractivity contribution >= 4 is 28.6 Å². The third-order valence-corrected chi connectivity index (χ3v) is 4.61. The average Bonchev–Trinajstić information content (AvgIpc) is 2.64. The fourth-order valence-corrected chi connectivity index (χ4v) is 3.35. The number of carbonyl (C=O) groups is 3. The van der Waals surface area contributed by atoms with E-state index in [1.807, 2.05) is 12.1 Å². The van der Waals surface area contributed by atoms with Gasteiger partial charge in [0.15, 0.2) is 0 Å². The van der Waals surface area contributed by atoms with E-state index < -0.39 is 17.9 Å². The number of hydrogen-bond donors (Lipinski definition) is 1. The molecule has 1 fully saturated rings. The molecule has 0 spiro atoms. The van der Waals surface area contributed by atoms with E-state index in [9.17, 15) is 14.4 Å². The number of rotatable bonds is 4. The van der Waals surface area contributed by atoms with Crippen molar-refractivity contribution in [3.8, 4) is 0 Å². The average molecular weight is 340 g/mol. The largest absolute Gasteiger partial charge is 0.467 e. The third-order valence-electron chi connectivity index (χ3n) is 4.61. The normalized spacial score (nSPS) is 18.6. The predicted octanol–water partition coefficient (Wildman–Crippen LogP) is 2.27. The number of ketones is 1. The zero-order valence-electron chi connectivity index (χ0n) is 14.0. The Morgan fingerprint density at radius 2 is 2.08 bits per heavy atom. The smallest absolute Gasteiger partial charge is 0.328 e. The Bertz CT molecular complexity index is 813. The van der Waals surface area contributed by atoms with Gasteiger partial charge in [0.05, 0.1) is 18.2 Å². The molecule has 1 heterocycles. The number of pyridine rings is 1. The fraction of sp³-hybridized carbons (Fsp3) is 0.368. The van der Waals surface area contributed by atoms with Gasteiger partial charge in [-0.25, -0.2) is 4.79 Å². The van der Waals surface area contributed by atoms with Crippen molar-refractivity contribution in [3.63, 3.8) is 0 Å². The second-order valence-electron chi connectivity index (χ2n) is 6.25. The minimum absolute atomic E-state index is 0.117. The maximum Gasteiger partial charge on any atom is 0.328 e. The topological polar surface area (TPSA) is 85.4 Å². The first-order chi connectivity index (χ1) is 12.1. The zero-order chi connectivity index (χ0) is 17.8. The Labute approximate surface area is 145 Å². The summed E-state index contributed by atoms with van der Waals surface area (Å²) in [5, 5.41) is 3.61. The number of Topliss-reactive ketones (excluding diaryl/α,β-unsaturated/α-hetero) is 1. The lowest BCUT2D eigenvalue weighted by Crippen LogP contribution is -2.48. The molecule has 1 saturated carbocycles. The number of benzene rings is 1. The summed E-state index contributed by atoms with van der Waals surface area (Å²) in [4.78, 5) is 41.0. The van der Waals surface area contributed by atoms with E-state index in [1.165, 1.54) is 7.11 Å². The Morgan fingerprint density at radius 1 is 1.28 bits per heavy atom. The van der Waals surface area contributed by atoms with Crippen molar-refractivity contribution in [2.75, 3.05) is 7.11 Å². The van der Waals surface area contributed by atoms with E-state index in [2.05, 4.69) is 10.3 Å². The molecular weight excluding hydrogens is 320 g/mol. The molecule has 1 N–H and O–H groups in total. The van der Waals surface area contributed by atoms with Crippen molar-refractivity contribution in [1.82, 2.24) is 10.3 Å². The lowest BCUT2D eigenvalue weighted by molar-refractivity contribution is -0.145. The number of hydrogen-bond acceptors (Lipinski definition) is 5. The minimum atomic E-state index is -0.833. The van der Waals surface area contributed by atoms with E-state index in [1.54, 1.807) is 24.4 Å². The van der Waals surface area contributed by atoms with Gasteiger partial charge >= 0.3 is 5.97 Å². The number of methoxy groups -OCH3 is 1. The lowest BCUT2D eigenvalue weighted by atomic mass is 9.83. The van der Waals surface area contributed by atoms with Crippen LogP contribution in [-0.4, -0.2) is 35.8 Å².